The van der Waals surface area contributed by atoms with Gasteiger partial charge in [-0.2, -0.15) is 0 Å². The zero-order valence-electron chi connectivity index (χ0n) is 21.3. The van der Waals surface area contributed by atoms with Crippen molar-refractivity contribution >= 4 is 45.2 Å². The second-order valence-corrected chi connectivity index (χ2v) is 11.9. The predicted molar refractivity (Wildman–Crippen MR) is 147 cm³/mol. The van der Waals surface area contributed by atoms with Crippen molar-refractivity contribution in [2.24, 2.45) is 0 Å². The van der Waals surface area contributed by atoms with Crippen LogP contribution in [0.4, 0.5) is 10.1 Å². The highest BCUT2D eigenvalue weighted by molar-refractivity contribution is 7.92. The van der Waals surface area contributed by atoms with E-state index in [1.54, 1.807) is 36.4 Å². The van der Waals surface area contributed by atoms with Crippen molar-refractivity contribution in [1.29, 1.82) is 0 Å². The molecule has 0 radical (unpaired) electrons. The minimum Gasteiger partial charge on any atom is -0.455 e. The van der Waals surface area contributed by atoms with E-state index >= 15 is 0 Å². The highest BCUT2D eigenvalue weighted by Crippen LogP contribution is 2.48. The van der Waals surface area contributed by atoms with Gasteiger partial charge in [0.1, 0.15) is 17.2 Å². The van der Waals surface area contributed by atoms with E-state index in [2.05, 4.69) is 5.32 Å². The molecular weight excluding hydrogens is 522 g/mol. The highest BCUT2D eigenvalue weighted by atomic mass is 32.2. The summed E-state index contributed by atoms with van der Waals surface area (Å²) < 4.78 is 53.1. The maximum Gasteiger partial charge on any atom is 0.492 e. The molecule has 2 aliphatic rings. The number of carbonyl (C=O) groups is 1. The van der Waals surface area contributed by atoms with E-state index in [1.165, 1.54) is 23.5 Å². The number of carbonyl (C=O) groups excluding carboxylic acids is 1. The van der Waals surface area contributed by atoms with Crippen LogP contribution in [-0.4, -0.2) is 46.3 Å². The Hall–Kier alpha value is -3.67. The van der Waals surface area contributed by atoms with Crippen LogP contribution in [0.15, 0.2) is 65.1 Å². The molecule has 1 aromatic heterocycles. The van der Waals surface area contributed by atoms with Gasteiger partial charge in [0, 0.05) is 24.1 Å². The number of amides is 1. The van der Waals surface area contributed by atoms with Gasteiger partial charge in [-0.3, -0.25) is 9.10 Å². The SMILES string of the molecule is CNC(=O)c1c(-c2ccc(F)cc2)oc2cc(N(CC3OB(O)c4ccccc43)S(C)(=O)=O)cc(C3CC3)c12. The van der Waals surface area contributed by atoms with Gasteiger partial charge in [-0.05, 0) is 65.7 Å². The van der Waals surface area contributed by atoms with E-state index < -0.39 is 29.1 Å². The molecule has 1 saturated carbocycles. The number of furan rings is 1. The summed E-state index contributed by atoms with van der Waals surface area (Å²) in [7, 11) is -3.40. The van der Waals surface area contributed by atoms with Crippen molar-refractivity contribution in [3.8, 4) is 11.3 Å². The van der Waals surface area contributed by atoms with Crippen molar-refractivity contribution in [3.05, 3.63) is 83.2 Å². The lowest BCUT2D eigenvalue weighted by Gasteiger charge is -2.26. The van der Waals surface area contributed by atoms with Gasteiger partial charge in [-0.1, -0.05) is 24.3 Å². The third-order valence-corrected chi connectivity index (χ3v) is 8.47. The Kier molecular flexibility index (Phi) is 6.24. The van der Waals surface area contributed by atoms with Crippen LogP contribution in [0.2, 0.25) is 0 Å². The summed E-state index contributed by atoms with van der Waals surface area (Å²) in [5.74, 6) is -0.346. The van der Waals surface area contributed by atoms with Crippen LogP contribution in [0.5, 0.6) is 0 Å². The van der Waals surface area contributed by atoms with Crippen molar-refractivity contribution < 1.29 is 31.7 Å². The number of nitrogens with one attached hydrogen (secondary N) is 1. The zero-order valence-corrected chi connectivity index (χ0v) is 22.2. The molecule has 1 atom stereocenters. The van der Waals surface area contributed by atoms with E-state index in [0.29, 0.717) is 33.2 Å². The van der Waals surface area contributed by atoms with Gasteiger partial charge in [0.05, 0.1) is 30.2 Å². The van der Waals surface area contributed by atoms with E-state index in [9.17, 15) is 22.6 Å². The molecule has 1 aliphatic heterocycles. The van der Waals surface area contributed by atoms with Crippen molar-refractivity contribution in [1.82, 2.24) is 5.32 Å². The lowest BCUT2D eigenvalue weighted by atomic mass is 9.79. The second kappa shape index (κ2) is 9.51. The maximum absolute atomic E-state index is 13.6. The number of rotatable bonds is 7. The molecule has 0 bridgehead atoms. The number of anilines is 1. The topological polar surface area (TPSA) is 109 Å². The fraction of sp³-hybridized carbons (Fsp3) is 0.250. The van der Waals surface area contributed by atoms with Crippen LogP contribution < -0.4 is 15.1 Å². The van der Waals surface area contributed by atoms with Gasteiger partial charge in [0.15, 0.2) is 0 Å². The summed E-state index contributed by atoms with van der Waals surface area (Å²) in [4.78, 5) is 13.1. The van der Waals surface area contributed by atoms with E-state index in [-0.39, 0.29) is 24.1 Å². The van der Waals surface area contributed by atoms with E-state index in [4.69, 9.17) is 9.07 Å². The first-order valence-corrected chi connectivity index (χ1v) is 14.5. The molecule has 1 amide bonds. The lowest BCUT2D eigenvalue weighted by Crippen LogP contribution is -2.34. The molecule has 8 nitrogen and oxygen atoms in total. The third-order valence-electron chi connectivity index (χ3n) is 7.31. The number of halogens is 1. The molecule has 11 heteroatoms. The number of hydrogen-bond donors (Lipinski definition) is 2. The molecule has 0 spiro atoms. The second-order valence-electron chi connectivity index (χ2n) is 9.97. The molecule has 0 saturated heterocycles. The Morgan fingerprint density at radius 2 is 1.85 bits per heavy atom. The summed E-state index contributed by atoms with van der Waals surface area (Å²) in [5.41, 5.74) is 3.73. The molecule has 1 fully saturated rings. The van der Waals surface area contributed by atoms with Crippen LogP contribution in [0.3, 0.4) is 0 Å². The Balaban J connectivity index is 1.52. The molecule has 1 unspecified atom stereocenters. The largest absolute Gasteiger partial charge is 0.492 e. The number of sulfonamides is 1. The van der Waals surface area contributed by atoms with Crippen LogP contribution in [0.25, 0.3) is 22.3 Å². The minimum atomic E-state index is -3.79. The summed E-state index contributed by atoms with van der Waals surface area (Å²) in [6.07, 6.45) is 2.23. The molecule has 2 N–H and O–H groups in total. The van der Waals surface area contributed by atoms with E-state index in [0.717, 1.165) is 30.2 Å². The van der Waals surface area contributed by atoms with Gasteiger partial charge in [-0.25, -0.2) is 12.8 Å². The highest BCUT2D eigenvalue weighted by Gasteiger charge is 2.38. The maximum atomic E-state index is 13.6. The Morgan fingerprint density at radius 3 is 2.51 bits per heavy atom. The molecule has 39 heavy (non-hydrogen) atoms. The number of nitrogens with zero attached hydrogens (tertiary/aromatic N) is 1. The first-order valence-electron chi connectivity index (χ1n) is 12.6. The molecule has 6 rings (SSSR count). The molecule has 1 aliphatic carbocycles. The summed E-state index contributed by atoms with van der Waals surface area (Å²) >= 11 is 0. The van der Waals surface area contributed by atoms with Gasteiger partial charge in [0.25, 0.3) is 5.91 Å². The quantitative estimate of drug-likeness (QED) is 0.341. The minimum absolute atomic E-state index is 0.0592. The van der Waals surface area contributed by atoms with Crippen molar-refractivity contribution in [3.63, 3.8) is 0 Å². The molecule has 2 heterocycles. The Morgan fingerprint density at radius 1 is 1.13 bits per heavy atom. The average molecular weight is 548 g/mol. The molecule has 4 aromatic rings. The van der Waals surface area contributed by atoms with Crippen LogP contribution >= 0.6 is 0 Å². The third kappa shape index (κ3) is 4.60. The smallest absolute Gasteiger partial charge is 0.455 e. The number of hydrogen-bond acceptors (Lipinski definition) is 6. The number of benzene rings is 3. The number of fused-ring (bicyclic) bond motifs is 2. The fourth-order valence-electron chi connectivity index (χ4n) is 5.31. The van der Waals surface area contributed by atoms with Crippen LogP contribution in [0.1, 0.15) is 46.3 Å². The Bertz CT molecular complexity index is 1700. The van der Waals surface area contributed by atoms with Gasteiger partial charge < -0.3 is 19.4 Å². The average Bonchev–Trinajstić information content (AvgIpc) is 3.62. The van der Waals surface area contributed by atoms with Gasteiger partial charge in [-0.15, -0.1) is 0 Å². The van der Waals surface area contributed by atoms with Crippen LogP contribution in [0, 0.1) is 5.82 Å². The fourth-order valence-corrected chi connectivity index (χ4v) is 6.20. The monoisotopic (exact) mass is 548 g/mol. The standard InChI is InChI=1S/C28H26BFN2O6S/c1-31-28(33)26-25-21(16-7-8-16)13-19(14-23(25)37-27(26)17-9-11-18(30)12-10-17)32(39(2,35)36)15-24-20-5-3-4-6-22(20)29(34)38-24/h3-6,9-14,16,24,34H,7-8,15H2,1-2H3,(H,31,33). The van der Waals surface area contributed by atoms with Gasteiger partial charge in [0.2, 0.25) is 10.0 Å². The zero-order chi connectivity index (χ0) is 27.5. The van der Waals surface area contributed by atoms with Gasteiger partial charge >= 0.3 is 7.12 Å². The first-order chi connectivity index (χ1) is 18.7. The normalized spacial score (nSPS) is 16.9. The molecule has 3 aromatic carbocycles. The predicted octanol–water partition coefficient (Wildman–Crippen LogP) is 3.70. The summed E-state index contributed by atoms with van der Waals surface area (Å²) in [5, 5.41) is 13.7. The van der Waals surface area contributed by atoms with E-state index in [1.807, 2.05) is 12.1 Å². The molecule has 200 valence electrons. The summed E-state index contributed by atoms with van der Waals surface area (Å²) in [6, 6.07) is 16.3. The first kappa shape index (κ1) is 25.6. The van der Waals surface area contributed by atoms with Crippen molar-refractivity contribution in [2.45, 2.75) is 24.9 Å². The molecular formula is C28H26BFN2O6S. The van der Waals surface area contributed by atoms with Crippen molar-refractivity contribution in [2.75, 3.05) is 24.2 Å². The Labute approximate surface area is 225 Å². The summed E-state index contributed by atoms with van der Waals surface area (Å²) in [6.45, 7) is -0.0592. The van der Waals surface area contributed by atoms with Crippen LogP contribution in [-0.2, 0) is 14.7 Å². The lowest BCUT2D eigenvalue weighted by molar-refractivity contribution is 0.0964.